The zero-order valence-corrected chi connectivity index (χ0v) is 38.6. The number of carbonyl (C=O) groups is 4. The molecule has 2 bridgehead atoms. The molecule has 0 N–H and O–H groups in total. The standard InChI is InChI=1S/C17H16O3.C12H18O2.C10H14O2.C9H8O3.C8H8/c1-2-12-10-13(9-8-11-6-4-3-5-7-11)15-14(12)16(18)20-17(15)19;1-9(2)7-13-11-5-6-12(11)14-8-10(3)4;1-7-3-9(11-5-7)10-4-8(2)6-12-10;10-8-6-4-1-2-5(3-4)7(6)9(11)12-8;1-2-8-6-4-3-5-7-8/h2-9,12-15H,1,10H2;5-6,11-12H,1,3,7-8H2,2,4H3;3-4,9-10H,5-6H2,1-2H3;1-2,4-7H,3H2;2-7H,1H2/b9-8+;;;;/t12-,13?,14+,15?;11-,12+;9-,10+;4-,5?,6+,7?;/m1..1./s1. The van der Waals surface area contributed by atoms with Crippen molar-refractivity contribution in [2.75, 3.05) is 26.4 Å². The van der Waals surface area contributed by atoms with E-state index in [1.54, 1.807) is 6.08 Å². The first kappa shape index (κ1) is 49.6. The van der Waals surface area contributed by atoms with E-state index in [4.69, 9.17) is 23.7 Å². The predicted molar refractivity (Wildman–Crippen MR) is 256 cm³/mol. The first-order valence-electron chi connectivity index (χ1n) is 22.8. The van der Waals surface area contributed by atoms with Gasteiger partial charge in [-0.05, 0) is 86.5 Å². The van der Waals surface area contributed by atoms with E-state index in [9.17, 15) is 19.2 Å². The highest BCUT2D eigenvalue weighted by molar-refractivity contribution is 5.98. The molecule has 12 atom stereocenters. The summed E-state index contributed by atoms with van der Waals surface area (Å²) in [5.74, 6) is -1.73. The summed E-state index contributed by atoms with van der Waals surface area (Å²) >= 11 is 0. The molecule has 2 saturated heterocycles. The maximum atomic E-state index is 11.8. The molecule has 4 fully saturated rings. The first-order chi connectivity index (χ1) is 31.8. The fourth-order valence-corrected chi connectivity index (χ4v) is 9.21. The van der Waals surface area contributed by atoms with Gasteiger partial charge < -0.3 is 28.4 Å². The molecule has 2 aromatic carbocycles. The monoisotopic (exact) mass is 896 g/mol. The van der Waals surface area contributed by atoms with Crippen molar-refractivity contribution in [2.45, 2.75) is 65.0 Å². The maximum Gasteiger partial charge on any atom is 0.318 e. The minimum atomic E-state index is -0.388. The summed E-state index contributed by atoms with van der Waals surface area (Å²) in [7, 11) is 0. The third-order valence-corrected chi connectivity index (χ3v) is 12.6. The lowest BCUT2D eigenvalue weighted by molar-refractivity contribution is -0.156. The predicted octanol–water partition coefficient (Wildman–Crippen LogP) is 9.83. The van der Waals surface area contributed by atoms with Crippen LogP contribution in [0.3, 0.4) is 0 Å². The minimum Gasteiger partial charge on any atom is -0.393 e. The van der Waals surface area contributed by atoms with Crippen molar-refractivity contribution >= 4 is 36.0 Å². The summed E-state index contributed by atoms with van der Waals surface area (Å²) in [4.78, 5) is 45.9. The van der Waals surface area contributed by atoms with Gasteiger partial charge in [0.15, 0.2) is 0 Å². The zero-order valence-electron chi connectivity index (χ0n) is 38.6. The molecule has 10 heteroatoms. The lowest BCUT2D eigenvalue weighted by Gasteiger charge is -2.29. The van der Waals surface area contributed by atoms with Crippen LogP contribution in [0.5, 0.6) is 0 Å². The summed E-state index contributed by atoms with van der Waals surface area (Å²) in [6.07, 6.45) is 22.3. The fraction of sp³-hybridized carbons (Fsp3) is 0.393. The molecule has 2 aromatic rings. The van der Waals surface area contributed by atoms with Gasteiger partial charge in [-0.2, -0.15) is 0 Å². The Morgan fingerprint density at radius 1 is 0.606 bits per heavy atom. The van der Waals surface area contributed by atoms with Crippen molar-refractivity contribution in [3.63, 3.8) is 0 Å². The van der Waals surface area contributed by atoms with E-state index in [0.29, 0.717) is 13.2 Å². The third kappa shape index (κ3) is 13.0. The summed E-state index contributed by atoms with van der Waals surface area (Å²) in [5.41, 5.74) is 6.94. The van der Waals surface area contributed by atoms with Gasteiger partial charge in [0.2, 0.25) is 0 Å². The van der Waals surface area contributed by atoms with Crippen LogP contribution in [0.1, 0.15) is 51.7 Å². The van der Waals surface area contributed by atoms with Gasteiger partial charge in [-0.25, -0.2) is 0 Å². The van der Waals surface area contributed by atoms with Crippen LogP contribution >= 0.6 is 0 Å². The van der Waals surface area contributed by atoms with Crippen LogP contribution in [0, 0.1) is 47.3 Å². The van der Waals surface area contributed by atoms with Crippen LogP contribution in [0.4, 0.5) is 0 Å². The van der Waals surface area contributed by atoms with E-state index >= 15 is 0 Å². The van der Waals surface area contributed by atoms with Gasteiger partial charge in [0.25, 0.3) is 0 Å². The van der Waals surface area contributed by atoms with Crippen LogP contribution in [0.25, 0.3) is 12.2 Å². The molecule has 0 radical (unpaired) electrons. The Bertz CT molecular complexity index is 2170. The van der Waals surface area contributed by atoms with E-state index in [-0.39, 0.29) is 95.6 Å². The van der Waals surface area contributed by atoms with Crippen molar-refractivity contribution in [2.24, 2.45) is 47.3 Å². The SMILES string of the molecule is C=C(C)CO[C@H]1C=C[C@H]1OCC(=C)C.C=C[C@@H]1CC(/C=C/c2ccccc2)C2C(=O)OC(=O)[C@H]21.C=Cc1ccccc1.CC1=C[C@@H]([C@H]2C=C(C)CO2)OC1.O=C1OC(=O)[C@@H]2C1C1C=C[C@@H]2C1. The Balaban J connectivity index is 0.000000141. The number of hydrogen-bond acceptors (Lipinski definition) is 10. The van der Waals surface area contributed by atoms with E-state index in [2.05, 4.69) is 57.1 Å². The molecule has 4 aliphatic carbocycles. The lowest BCUT2D eigenvalue weighted by Crippen LogP contribution is -2.36. The van der Waals surface area contributed by atoms with Crippen LogP contribution in [0.2, 0.25) is 0 Å². The number of benzene rings is 2. The number of carbonyl (C=O) groups excluding carboxylic acids is 4. The first-order valence-corrected chi connectivity index (χ1v) is 22.8. The number of hydrogen-bond donors (Lipinski definition) is 0. The molecule has 4 unspecified atom stereocenters. The molecular formula is C56H64O10. The molecule has 0 amide bonds. The van der Waals surface area contributed by atoms with E-state index in [1.165, 1.54) is 16.7 Å². The van der Waals surface area contributed by atoms with Crippen molar-refractivity contribution < 1.29 is 47.6 Å². The van der Waals surface area contributed by atoms with Gasteiger partial charge in [0.1, 0.15) is 24.4 Å². The third-order valence-electron chi connectivity index (χ3n) is 12.6. The van der Waals surface area contributed by atoms with Crippen LogP contribution in [0.15, 0.2) is 158 Å². The van der Waals surface area contributed by atoms with Crippen molar-refractivity contribution in [3.8, 4) is 0 Å². The summed E-state index contributed by atoms with van der Waals surface area (Å²) in [6.45, 7) is 25.8. The van der Waals surface area contributed by atoms with Crippen molar-refractivity contribution in [1.29, 1.82) is 0 Å². The molecule has 2 saturated carbocycles. The van der Waals surface area contributed by atoms with E-state index in [0.717, 1.165) is 42.8 Å². The number of cyclic esters (lactones) is 4. The highest BCUT2D eigenvalue weighted by atomic mass is 16.6. The second kappa shape index (κ2) is 23.6. The molecule has 348 valence electrons. The Morgan fingerprint density at radius 2 is 1.05 bits per heavy atom. The summed E-state index contributed by atoms with van der Waals surface area (Å²) < 4.78 is 31.5. The van der Waals surface area contributed by atoms with Crippen molar-refractivity contribution in [1.82, 2.24) is 0 Å². The highest BCUT2D eigenvalue weighted by Gasteiger charge is 2.58. The second-order valence-corrected chi connectivity index (χ2v) is 18.1. The largest absolute Gasteiger partial charge is 0.393 e. The number of esters is 4. The Hall–Kier alpha value is -5.78. The fourth-order valence-electron chi connectivity index (χ4n) is 9.21. The smallest absolute Gasteiger partial charge is 0.318 e. The number of fused-ring (bicyclic) bond motifs is 6. The second-order valence-electron chi connectivity index (χ2n) is 18.1. The number of ether oxygens (including phenoxy) is 6. The molecule has 10 rings (SSSR count). The topological polar surface area (TPSA) is 124 Å². The molecule has 8 aliphatic rings. The van der Waals surface area contributed by atoms with Gasteiger partial charge in [0.05, 0.1) is 50.1 Å². The number of allylic oxidation sites excluding steroid dienone is 4. The van der Waals surface area contributed by atoms with Gasteiger partial charge >= 0.3 is 23.9 Å². The molecule has 66 heavy (non-hydrogen) atoms. The lowest BCUT2D eigenvalue weighted by atomic mass is 9.85. The van der Waals surface area contributed by atoms with Crippen LogP contribution in [-0.4, -0.2) is 74.7 Å². The average Bonchev–Trinajstić information content (AvgIpc) is 4.18. The molecule has 4 aliphatic heterocycles. The van der Waals surface area contributed by atoms with Crippen LogP contribution in [-0.2, 0) is 47.6 Å². The quantitative estimate of drug-likeness (QED) is 0.122. The van der Waals surface area contributed by atoms with Crippen LogP contribution < -0.4 is 0 Å². The molecule has 10 nitrogen and oxygen atoms in total. The Labute approximate surface area is 390 Å². The minimum absolute atomic E-state index is 0.0318. The molecular weight excluding hydrogens is 833 g/mol. The summed E-state index contributed by atoms with van der Waals surface area (Å²) in [6, 6.07) is 19.9. The van der Waals surface area contributed by atoms with E-state index < -0.39 is 0 Å². The van der Waals surface area contributed by atoms with Crippen molar-refractivity contribution in [3.05, 3.63) is 169 Å². The zero-order chi connectivity index (χ0) is 47.3. The Morgan fingerprint density at radius 3 is 1.42 bits per heavy atom. The van der Waals surface area contributed by atoms with Gasteiger partial charge in [0, 0.05) is 0 Å². The van der Waals surface area contributed by atoms with Gasteiger partial charge in [-0.1, -0.05) is 152 Å². The van der Waals surface area contributed by atoms with Gasteiger partial charge in [-0.3, -0.25) is 19.2 Å². The van der Waals surface area contributed by atoms with E-state index in [1.807, 2.05) is 117 Å². The average molecular weight is 897 g/mol. The van der Waals surface area contributed by atoms with Gasteiger partial charge in [-0.15, -0.1) is 6.58 Å². The molecule has 4 heterocycles. The summed E-state index contributed by atoms with van der Waals surface area (Å²) in [5, 5.41) is 0. The molecule has 0 spiro atoms. The Kier molecular flexibility index (Phi) is 17.8. The maximum absolute atomic E-state index is 11.8. The molecule has 0 aromatic heterocycles. The normalized spacial score (nSPS) is 31.2. The highest BCUT2D eigenvalue weighted by Crippen LogP contribution is 2.52. The number of rotatable bonds is 11.